The van der Waals surface area contributed by atoms with Gasteiger partial charge in [0.1, 0.15) is 12.4 Å². The molecule has 1 atom stereocenters. The molecule has 1 unspecified atom stereocenters. The molecule has 3 aromatic rings. The van der Waals surface area contributed by atoms with Gasteiger partial charge in [-0.25, -0.2) is 9.78 Å². The minimum absolute atomic E-state index is 0.222. The normalized spacial score (nSPS) is 11.8. The van der Waals surface area contributed by atoms with E-state index in [1.54, 1.807) is 6.20 Å². The molecule has 1 amide bonds. The maximum Gasteiger partial charge on any atom is 0.408 e. The van der Waals surface area contributed by atoms with Crippen LogP contribution in [-0.4, -0.2) is 22.6 Å². The van der Waals surface area contributed by atoms with Gasteiger partial charge in [-0.15, -0.1) is 0 Å². The predicted molar refractivity (Wildman–Crippen MR) is 125 cm³/mol. The molecule has 0 saturated heterocycles. The van der Waals surface area contributed by atoms with Crippen molar-refractivity contribution in [3.8, 4) is 11.4 Å². The zero-order valence-electron chi connectivity index (χ0n) is 17.6. The van der Waals surface area contributed by atoms with Gasteiger partial charge in [-0.05, 0) is 31.7 Å². The van der Waals surface area contributed by atoms with Gasteiger partial charge in [0.05, 0.1) is 17.9 Å². The molecule has 31 heavy (non-hydrogen) atoms. The number of carbonyl (C=O) groups is 1. The van der Waals surface area contributed by atoms with E-state index in [1.165, 1.54) is 5.56 Å². The van der Waals surface area contributed by atoms with E-state index in [1.807, 2.05) is 42.5 Å². The zero-order chi connectivity index (χ0) is 21.9. The van der Waals surface area contributed by atoms with Crippen LogP contribution in [0.5, 0.6) is 0 Å². The van der Waals surface area contributed by atoms with Gasteiger partial charge < -0.3 is 15.0 Å². The molecule has 0 bridgehead atoms. The molecule has 3 rings (SSSR count). The fourth-order valence-corrected chi connectivity index (χ4v) is 3.45. The van der Waals surface area contributed by atoms with Crippen LogP contribution in [0.3, 0.4) is 0 Å². The molecule has 0 aliphatic heterocycles. The van der Waals surface area contributed by atoms with Gasteiger partial charge >= 0.3 is 6.09 Å². The molecule has 2 aromatic carbocycles. The lowest BCUT2D eigenvalue weighted by molar-refractivity contribution is 0.134. The van der Waals surface area contributed by atoms with E-state index < -0.39 is 6.09 Å². The Morgan fingerprint density at radius 3 is 2.68 bits per heavy atom. The second-order valence-corrected chi connectivity index (χ2v) is 7.84. The average Bonchev–Trinajstić information content (AvgIpc) is 3.28. The molecule has 7 nitrogen and oxygen atoms in total. The summed E-state index contributed by atoms with van der Waals surface area (Å²) in [5.74, 6) is 0.778. The summed E-state index contributed by atoms with van der Waals surface area (Å²) >= 11 is 1.12. The van der Waals surface area contributed by atoms with Crippen LogP contribution in [0.2, 0.25) is 0 Å². The van der Waals surface area contributed by atoms with E-state index in [0.29, 0.717) is 0 Å². The fraction of sp³-hybridized carbons (Fsp3) is 0.304. The molecule has 1 heterocycles. The van der Waals surface area contributed by atoms with Crippen LogP contribution in [0.25, 0.3) is 11.4 Å². The van der Waals surface area contributed by atoms with Crippen molar-refractivity contribution in [1.29, 1.82) is 0 Å². The van der Waals surface area contributed by atoms with Gasteiger partial charge in [0.25, 0.3) is 0 Å². The van der Waals surface area contributed by atoms with Crippen LogP contribution >= 0.6 is 12.1 Å². The van der Waals surface area contributed by atoms with Gasteiger partial charge in [0.2, 0.25) is 0 Å². The van der Waals surface area contributed by atoms with Crippen molar-refractivity contribution >= 4 is 18.2 Å². The van der Waals surface area contributed by atoms with E-state index in [4.69, 9.17) is 9.88 Å². The number of aryl methyl sites for hydroxylation is 1. The number of hydrogen-bond acceptors (Lipinski definition) is 6. The second-order valence-electron chi connectivity index (χ2n) is 7.32. The quantitative estimate of drug-likeness (QED) is 0.256. The highest BCUT2D eigenvalue weighted by Gasteiger charge is 2.18. The predicted octanol–water partition coefficient (Wildman–Crippen LogP) is 4.63. The van der Waals surface area contributed by atoms with Crippen molar-refractivity contribution in [1.82, 2.24) is 20.0 Å². The topological polar surface area (TPSA) is 105 Å². The van der Waals surface area contributed by atoms with Gasteiger partial charge in [-0.3, -0.25) is 9.86 Å². The summed E-state index contributed by atoms with van der Waals surface area (Å²) in [6, 6.07) is 17.6. The monoisotopic (exact) mass is 439 g/mol. The molecule has 0 saturated carbocycles. The Bertz CT molecular complexity index is 931. The number of H-pyrrole nitrogens is 1. The standard InChI is InChI=1S/C23H29N5O2S/c1-17-10-12-19(13-11-17)22-25-15-21(27-22)20(9-5-6-14-26-31-24)28-23(29)30-16-18-7-3-2-4-8-18/h2-4,7-8,10-13,15,20,26H,5-6,9,14,16,24H2,1H3,(H,25,27)(H,28,29). The number of aromatic nitrogens is 2. The van der Waals surface area contributed by atoms with Crippen LogP contribution in [0.1, 0.15) is 42.1 Å². The number of imidazole rings is 1. The Morgan fingerprint density at radius 1 is 1.16 bits per heavy atom. The zero-order valence-corrected chi connectivity index (χ0v) is 18.5. The number of nitrogens with zero attached hydrogens (tertiary/aromatic N) is 1. The third kappa shape index (κ3) is 7.43. The molecule has 0 radical (unpaired) electrons. The lowest BCUT2D eigenvalue weighted by Gasteiger charge is -2.17. The Balaban J connectivity index is 1.64. The first kappa shape index (κ1) is 22.9. The number of benzene rings is 2. The summed E-state index contributed by atoms with van der Waals surface area (Å²) in [5.41, 5.74) is 4.00. The molecular formula is C23H29N5O2S. The molecule has 8 heteroatoms. The Kier molecular flexibility index (Phi) is 8.96. The van der Waals surface area contributed by atoms with Crippen LogP contribution < -0.4 is 15.2 Å². The first-order chi connectivity index (χ1) is 15.2. The molecule has 164 valence electrons. The lowest BCUT2D eigenvalue weighted by atomic mass is 10.1. The van der Waals surface area contributed by atoms with E-state index >= 15 is 0 Å². The summed E-state index contributed by atoms with van der Waals surface area (Å²) in [4.78, 5) is 20.3. The van der Waals surface area contributed by atoms with Gasteiger partial charge in [0.15, 0.2) is 0 Å². The summed E-state index contributed by atoms with van der Waals surface area (Å²) in [6.45, 7) is 3.09. The molecular weight excluding hydrogens is 410 g/mol. The van der Waals surface area contributed by atoms with Crippen molar-refractivity contribution < 1.29 is 9.53 Å². The molecule has 5 N–H and O–H groups in total. The SMILES string of the molecule is Cc1ccc(-c2ncc(C(CCCCNSN)NC(=O)OCc3ccccc3)[nH]2)cc1. The smallest absolute Gasteiger partial charge is 0.408 e. The Hall–Kier alpha value is -2.81. The number of alkyl carbamates (subject to hydrolysis) is 1. The molecule has 0 aliphatic carbocycles. The van der Waals surface area contributed by atoms with E-state index in [2.05, 4.69) is 39.1 Å². The van der Waals surface area contributed by atoms with Crippen molar-refractivity contribution in [2.45, 2.75) is 38.8 Å². The van der Waals surface area contributed by atoms with E-state index in [9.17, 15) is 4.79 Å². The second kappa shape index (κ2) is 12.1. The number of ether oxygens (including phenoxy) is 1. The summed E-state index contributed by atoms with van der Waals surface area (Å²) in [7, 11) is 0. The number of hydrogen-bond donors (Lipinski definition) is 4. The number of nitrogens with two attached hydrogens (primary N) is 1. The van der Waals surface area contributed by atoms with E-state index in [0.717, 1.165) is 60.6 Å². The molecule has 0 fully saturated rings. The van der Waals surface area contributed by atoms with Crippen LogP contribution in [0.4, 0.5) is 4.79 Å². The summed E-state index contributed by atoms with van der Waals surface area (Å²) in [5, 5.41) is 8.38. The molecule has 1 aromatic heterocycles. The van der Waals surface area contributed by atoms with Crippen LogP contribution in [0.15, 0.2) is 60.8 Å². The largest absolute Gasteiger partial charge is 0.445 e. The molecule has 0 spiro atoms. The van der Waals surface area contributed by atoms with Gasteiger partial charge in [-0.2, -0.15) is 0 Å². The van der Waals surface area contributed by atoms with Crippen molar-refractivity contribution in [3.05, 3.63) is 77.6 Å². The molecule has 0 aliphatic rings. The highest BCUT2D eigenvalue weighted by Crippen LogP contribution is 2.22. The van der Waals surface area contributed by atoms with Crippen LogP contribution in [0, 0.1) is 6.92 Å². The minimum Gasteiger partial charge on any atom is -0.445 e. The summed E-state index contributed by atoms with van der Waals surface area (Å²) in [6.07, 6.45) is 3.95. The van der Waals surface area contributed by atoms with Crippen molar-refractivity contribution in [2.75, 3.05) is 6.54 Å². The number of aromatic amines is 1. The Morgan fingerprint density at radius 2 is 1.94 bits per heavy atom. The lowest BCUT2D eigenvalue weighted by Crippen LogP contribution is -2.29. The third-order valence-electron chi connectivity index (χ3n) is 4.91. The van der Waals surface area contributed by atoms with Crippen molar-refractivity contribution in [3.63, 3.8) is 0 Å². The fourth-order valence-electron chi connectivity index (χ4n) is 3.19. The Labute approximate surface area is 187 Å². The summed E-state index contributed by atoms with van der Waals surface area (Å²) < 4.78 is 8.45. The number of unbranched alkanes of at least 4 members (excludes halogenated alkanes) is 1. The van der Waals surface area contributed by atoms with Gasteiger partial charge in [-0.1, -0.05) is 60.2 Å². The highest BCUT2D eigenvalue weighted by molar-refractivity contribution is 7.95. The number of rotatable bonds is 11. The van der Waals surface area contributed by atoms with Crippen molar-refractivity contribution in [2.24, 2.45) is 5.14 Å². The van der Waals surface area contributed by atoms with Gasteiger partial charge in [0, 0.05) is 24.2 Å². The first-order valence-corrected chi connectivity index (χ1v) is 11.2. The highest BCUT2D eigenvalue weighted by atomic mass is 32.2. The maximum absolute atomic E-state index is 12.4. The number of carbonyl (C=O) groups excluding carboxylic acids is 1. The van der Waals surface area contributed by atoms with Crippen LogP contribution in [-0.2, 0) is 11.3 Å². The third-order valence-corrected chi connectivity index (χ3v) is 5.28. The first-order valence-electron chi connectivity index (χ1n) is 10.3. The minimum atomic E-state index is -0.448. The maximum atomic E-state index is 12.4. The number of nitrogens with one attached hydrogen (secondary N) is 3. The average molecular weight is 440 g/mol. The number of amides is 1. The van der Waals surface area contributed by atoms with E-state index in [-0.39, 0.29) is 12.6 Å².